The molecular formula is C25H41FN4O2. The van der Waals surface area contributed by atoms with Crippen molar-refractivity contribution >= 4 is 11.7 Å². The molecule has 0 N–H and O–H groups in total. The standard InChI is InChI=1S/C25H41FN4O2/c1-6-22(31)30(23-21(26)8-7-11-27-23)19-25(10-17-32-24(4,5)18-25)29-15-13-28(14-16-29)12-9-20(2)3/h7-8,11,20H,6,9-10,12-19H2,1-5H3. The first-order valence-electron chi connectivity index (χ1n) is 12.2. The van der Waals surface area contributed by atoms with Crippen LogP contribution < -0.4 is 4.90 Å². The van der Waals surface area contributed by atoms with Gasteiger partial charge in [0.25, 0.3) is 0 Å². The van der Waals surface area contributed by atoms with Crippen LogP contribution in [-0.2, 0) is 9.53 Å². The van der Waals surface area contributed by atoms with E-state index >= 15 is 0 Å². The van der Waals surface area contributed by atoms with Crippen LogP contribution in [0, 0.1) is 11.7 Å². The summed E-state index contributed by atoms with van der Waals surface area (Å²) in [7, 11) is 0. The van der Waals surface area contributed by atoms with E-state index in [1.807, 2.05) is 6.92 Å². The second-order valence-corrected chi connectivity index (χ2v) is 10.4. The number of anilines is 1. The van der Waals surface area contributed by atoms with Gasteiger partial charge < -0.3 is 9.64 Å². The fourth-order valence-electron chi connectivity index (χ4n) is 5.18. The Kier molecular flexibility index (Phi) is 8.28. The number of piperazine rings is 1. The number of rotatable bonds is 8. The normalized spacial score (nSPS) is 24.6. The lowest BCUT2D eigenvalue weighted by Crippen LogP contribution is -2.66. The van der Waals surface area contributed by atoms with E-state index in [1.165, 1.54) is 12.5 Å². The van der Waals surface area contributed by atoms with Gasteiger partial charge in [0.15, 0.2) is 11.6 Å². The van der Waals surface area contributed by atoms with Crippen LogP contribution in [0.25, 0.3) is 0 Å². The first-order valence-corrected chi connectivity index (χ1v) is 12.2. The molecule has 2 aliphatic heterocycles. The minimum absolute atomic E-state index is 0.0955. The van der Waals surface area contributed by atoms with E-state index in [0.29, 0.717) is 25.5 Å². The van der Waals surface area contributed by atoms with Crippen molar-refractivity contribution < 1.29 is 13.9 Å². The second-order valence-electron chi connectivity index (χ2n) is 10.4. The van der Waals surface area contributed by atoms with E-state index in [1.54, 1.807) is 17.2 Å². The van der Waals surface area contributed by atoms with Gasteiger partial charge in [0.2, 0.25) is 5.91 Å². The van der Waals surface area contributed by atoms with Crippen LogP contribution in [0.1, 0.15) is 60.3 Å². The van der Waals surface area contributed by atoms with Crippen molar-refractivity contribution in [2.45, 2.75) is 71.4 Å². The third-order valence-corrected chi connectivity index (χ3v) is 6.93. The molecule has 0 bridgehead atoms. The summed E-state index contributed by atoms with van der Waals surface area (Å²) in [5.41, 5.74) is -0.558. The molecule has 1 unspecified atom stereocenters. The molecule has 2 aliphatic rings. The summed E-state index contributed by atoms with van der Waals surface area (Å²) in [6, 6.07) is 2.95. The van der Waals surface area contributed by atoms with Gasteiger partial charge in [-0.2, -0.15) is 0 Å². The molecule has 32 heavy (non-hydrogen) atoms. The van der Waals surface area contributed by atoms with Crippen molar-refractivity contribution in [3.8, 4) is 0 Å². The fraction of sp³-hybridized carbons (Fsp3) is 0.760. The highest BCUT2D eigenvalue weighted by atomic mass is 19.1. The number of hydrogen-bond acceptors (Lipinski definition) is 5. The van der Waals surface area contributed by atoms with Crippen LogP contribution in [0.2, 0.25) is 0 Å². The zero-order valence-electron chi connectivity index (χ0n) is 20.6. The highest BCUT2D eigenvalue weighted by molar-refractivity contribution is 5.92. The Morgan fingerprint density at radius 3 is 2.59 bits per heavy atom. The van der Waals surface area contributed by atoms with Crippen molar-refractivity contribution in [1.29, 1.82) is 0 Å². The van der Waals surface area contributed by atoms with Gasteiger partial charge >= 0.3 is 0 Å². The lowest BCUT2D eigenvalue weighted by Gasteiger charge is -2.54. The van der Waals surface area contributed by atoms with Crippen LogP contribution in [0.3, 0.4) is 0 Å². The zero-order chi connectivity index (χ0) is 23.4. The predicted molar refractivity (Wildman–Crippen MR) is 126 cm³/mol. The Hall–Kier alpha value is -1.57. The average molecular weight is 449 g/mol. The molecule has 3 heterocycles. The summed E-state index contributed by atoms with van der Waals surface area (Å²) in [6.45, 7) is 16.8. The Morgan fingerprint density at radius 2 is 2.00 bits per heavy atom. The SMILES string of the molecule is CCC(=O)N(CC1(N2CCN(CCC(C)C)CC2)CCOC(C)(C)C1)c1ncccc1F. The van der Waals surface area contributed by atoms with Gasteiger partial charge in [-0.15, -0.1) is 0 Å². The fourth-order valence-corrected chi connectivity index (χ4v) is 5.18. The van der Waals surface area contributed by atoms with Crippen LogP contribution >= 0.6 is 0 Å². The molecule has 180 valence electrons. The smallest absolute Gasteiger partial charge is 0.228 e. The first kappa shape index (κ1) is 25.1. The zero-order valence-corrected chi connectivity index (χ0v) is 20.6. The summed E-state index contributed by atoms with van der Waals surface area (Å²) in [4.78, 5) is 23.9. The summed E-state index contributed by atoms with van der Waals surface area (Å²) in [5.74, 6) is 0.298. The molecule has 0 aromatic carbocycles. The van der Waals surface area contributed by atoms with E-state index < -0.39 is 5.82 Å². The van der Waals surface area contributed by atoms with E-state index in [4.69, 9.17) is 4.74 Å². The van der Waals surface area contributed by atoms with Crippen molar-refractivity contribution in [3.63, 3.8) is 0 Å². The molecule has 3 rings (SSSR count). The molecule has 0 aliphatic carbocycles. The van der Waals surface area contributed by atoms with Gasteiger partial charge in [0, 0.05) is 57.5 Å². The molecule has 1 aromatic rings. The molecule has 6 nitrogen and oxygen atoms in total. The molecule has 1 atom stereocenters. The molecule has 0 saturated carbocycles. The monoisotopic (exact) mass is 448 g/mol. The Labute approximate surface area is 193 Å². The predicted octanol–water partition coefficient (Wildman–Crippen LogP) is 3.96. The van der Waals surface area contributed by atoms with Crippen LogP contribution in [0.4, 0.5) is 10.2 Å². The molecule has 7 heteroatoms. The lowest BCUT2D eigenvalue weighted by molar-refractivity contribution is -0.130. The Morgan fingerprint density at radius 1 is 1.28 bits per heavy atom. The molecule has 2 saturated heterocycles. The summed E-state index contributed by atoms with van der Waals surface area (Å²) < 4.78 is 20.8. The van der Waals surface area contributed by atoms with Crippen molar-refractivity contribution in [1.82, 2.24) is 14.8 Å². The lowest BCUT2D eigenvalue weighted by atomic mass is 9.78. The Balaban J connectivity index is 1.85. The number of amides is 1. The number of ether oxygens (including phenoxy) is 1. The number of pyridine rings is 1. The molecular weight excluding hydrogens is 407 g/mol. The van der Waals surface area contributed by atoms with Gasteiger partial charge in [-0.1, -0.05) is 20.8 Å². The van der Waals surface area contributed by atoms with Gasteiger partial charge in [0.05, 0.1) is 5.60 Å². The molecule has 2 fully saturated rings. The number of aromatic nitrogens is 1. The molecule has 1 aromatic heterocycles. The molecule has 1 amide bonds. The summed E-state index contributed by atoms with van der Waals surface area (Å²) in [6.07, 6.45) is 4.71. The minimum atomic E-state index is -0.450. The van der Waals surface area contributed by atoms with Gasteiger partial charge in [-0.25, -0.2) is 9.37 Å². The average Bonchev–Trinajstić information content (AvgIpc) is 2.76. The number of nitrogens with zero attached hydrogens (tertiary/aromatic N) is 4. The largest absolute Gasteiger partial charge is 0.375 e. The summed E-state index contributed by atoms with van der Waals surface area (Å²) >= 11 is 0. The quantitative estimate of drug-likeness (QED) is 0.603. The van der Waals surface area contributed by atoms with Crippen LogP contribution in [0.5, 0.6) is 0 Å². The Bertz CT molecular complexity index is 764. The van der Waals surface area contributed by atoms with Gasteiger partial charge in [-0.05, 0) is 57.7 Å². The van der Waals surface area contributed by atoms with Crippen molar-refractivity contribution in [2.24, 2.45) is 5.92 Å². The van der Waals surface area contributed by atoms with Crippen molar-refractivity contribution in [3.05, 3.63) is 24.1 Å². The van der Waals surface area contributed by atoms with E-state index in [9.17, 15) is 9.18 Å². The first-order chi connectivity index (χ1) is 15.2. The van der Waals surface area contributed by atoms with E-state index in [2.05, 4.69) is 42.5 Å². The van der Waals surface area contributed by atoms with Gasteiger partial charge in [0.1, 0.15) is 0 Å². The number of hydrogen-bond donors (Lipinski definition) is 0. The third-order valence-electron chi connectivity index (χ3n) is 6.93. The second kappa shape index (κ2) is 10.6. The maximum absolute atomic E-state index is 14.7. The topological polar surface area (TPSA) is 48.9 Å². The van der Waals surface area contributed by atoms with Crippen LogP contribution in [-0.4, -0.2) is 77.7 Å². The van der Waals surface area contributed by atoms with E-state index in [-0.39, 0.29) is 22.9 Å². The highest BCUT2D eigenvalue weighted by Gasteiger charge is 2.47. The van der Waals surface area contributed by atoms with E-state index in [0.717, 1.165) is 45.6 Å². The number of carbonyl (C=O) groups is 1. The summed E-state index contributed by atoms with van der Waals surface area (Å²) in [5, 5.41) is 0. The maximum Gasteiger partial charge on any atom is 0.228 e. The minimum Gasteiger partial charge on any atom is -0.375 e. The molecule has 0 spiro atoms. The maximum atomic E-state index is 14.7. The number of carbonyl (C=O) groups excluding carboxylic acids is 1. The highest BCUT2D eigenvalue weighted by Crippen LogP contribution is 2.39. The molecule has 0 radical (unpaired) electrons. The van der Waals surface area contributed by atoms with Crippen molar-refractivity contribution in [2.75, 3.05) is 50.8 Å². The number of halogens is 1. The van der Waals surface area contributed by atoms with Crippen LogP contribution in [0.15, 0.2) is 18.3 Å². The van der Waals surface area contributed by atoms with Gasteiger partial charge in [-0.3, -0.25) is 14.6 Å². The third kappa shape index (κ3) is 6.06.